The lowest BCUT2D eigenvalue weighted by Gasteiger charge is -2.19. The molecule has 0 radical (unpaired) electrons. The van der Waals surface area contributed by atoms with Gasteiger partial charge in [0, 0.05) is 17.5 Å². The number of nitrogens with two attached hydrogens (primary N) is 1. The van der Waals surface area contributed by atoms with Crippen LogP contribution in [0.15, 0.2) is 24.3 Å². The van der Waals surface area contributed by atoms with Crippen LogP contribution in [0.25, 0.3) is 11.3 Å². The number of imidazole rings is 1. The number of benzene rings is 1. The molecule has 114 valence electrons. The Kier molecular flexibility index (Phi) is 4.26. The molecule has 0 saturated heterocycles. The summed E-state index contributed by atoms with van der Waals surface area (Å²) in [7, 11) is 1.67. The largest absolute Gasteiger partial charge is 0.497 e. The highest BCUT2D eigenvalue weighted by Crippen LogP contribution is 2.33. The molecule has 0 atom stereocenters. The summed E-state index contributed by atoms with van der Waals surface area (Å²) in [6.45, 7) is 9.52. The van der Waals surface area contributed by atoms with Gasteiger partial charge in [-0.15, -0.1) is 0 Å². The first-order valence-corrected chi connectivity index (χ1v) is 7.39. The number of methoxy groups -OCH3 is 1. The Morgan fingerprint density at radius 1 is 1.29 bits per heavy atom. The maximum atomic E-state index is 6.37. The third-order valence-corrected chi connectivity index (χ3v) is 3.47. The van der Waals surface area contributed by atoms with E-state index in [2.05, 4.69) is 32.3 Å². The zero-order chi connectivity index (χ0) is 15.6. The van der Waals surface area contributed by atoms with Gasteiger partial charge in [-0.2, -0.15) is 0 Å². The molecular weight excluding hydrogens is 262 g/mol. The molecule has 0 saturated carbocycles. The van der Waals surface area contributed by atoms with Gasteiger partial charge in [0.15, 0.2) is 0 Å². The summed E-state index contributed by atoms with van der Waals surface area (Å²) >= 11 is 0. The lowest BCUT2D eigenvalue weighted by Crippen LogP contribution is -2.19. The molecule has 0 aliphatic carbocycles. The van der Waals surface area contributed by atoms with Crippen LogP contribution in [0.3, 0.4) is 0 Å². The van der Waals surface area contributed by atoms with Crippen molar-refractivity contribution in [2.24, 2.45) is 0 Å². The number of hydrogen-bond acceptors (Lipinski definition) is 3. The van der Waals surface area contributed by atoms with Crippen LogP contribution in [0.1, 0.15) is 39.9 Å². The summed E-state index contributed by atoms with van der Waals surface area (Å²) < 4.78 is 7.43. The quantitative estimate of drug-likeness (QED) is 0.929. The number of aromatic nitrogens is 2. The van der Waals surface area contributed by atoms with Crippen LogP contribution < -0.4 is 10.5 Å². The van der Waals surface area contributed by atoms with Crippen LogP contribution >= 0.6 is 0 Å². The van der Waals surface area contributed by atoms with Crippen molar-refractivity contribution in [3.05, 3.63) is 30.1 Å². The molecule has 1 aromatic heterocycles. The number of hydrogen-bond donors (Lipinski definition) is 1. The van der Waals surface area contributed by atoms with Crippen LogP contribution in [0.5, 0.6) is 5.75 Å². The van der Waals surface area contributed by atoms with E-state index in [1.165, 1.54) is 0 Å². The van der Waals surface area contributed by atoms with Crippen molar-refractivity contribution in [3.8, 4) is 17.0 Å². The van der Waals surface area contributed by atoms with Gasteiger partial charge in [0.05, 0.1) is 7.11 Å². The minimum atomic E-state index is -0.0413. The second kappa shape index (κ2) is 5.80. The van der Waals surface area contributed by atoms with Crippen molar-refractivity contribution in [2.75, 3.05) is 12.8 Å². The first-order valence-electron chi connectivity index (χ1n) is 7.39. The number of nitrogens with zero attached hydrogens (tertiary/aromatic N) is 2. The molecule has 0 spiro atoms. The van der Waals surface area contributed by atoms with E-state index in [-0.39, 0.29) is 5.41 Å². The van der Waals surface area contributed by atoms with Crippen molar-refractivity contribution in [1.82, 2.24) is 9.55 Å². The summed E-state index contributed by atoms with van der Waals surface area (Å²) in [6.07, 6.45) is 1.03. The third kappa shape index (κ3) is 3.04. The molecule has 0 aliphatic rings. The minimum absolute atomic E-state index is 0.0413. The monoisotopic (exact) mass is 287 g/mol. The predicted octanol–water partition coefficient (Wildman–Crippen LogP) is 3.85. The smallest absolute Gasteiger partial charge is 0.131 e. The van der Waals surface area contributed by atoms with Gasteiger partial charge in [0.2, 0.25) is 0 Å². The summed E-state index contributed by atoms with van der Waals surface area (Å²) in [5.74, 6) is 2.57. The van der Waals surface area contributed by atoms with E-state index in [9.17, 15) is 0 Å². The highest BCUT2D eigenvalue weighted by atomic mass is 16.5. The Hall–Kier alpha value is -1.97. The van der Waals surface area contributed by atoms with Gasteiger partial charge in [-0.25, -0.2) is 4.98 Å². The van der Waals surface area contributed by atoms with E-state index in [1.807, 2.05) is 24.3 Å². The standard InChI is InChI=1S/C17H25N3O/c1-6-10-20-15(18)14(19-16(20)17(2,3)4)12-8-7-9-13(11-12)21-5/h7-9,11H,6,10,18H2,1-5H3. The fourth-order valence-electron chi connectivity index (χ4n) is 2.47. The van der Waals surface area contributed by atoms with Crippen LogP contribution in [-0.2, 0) is 12.0 Å². The molecule has 21 heavy (non-hydrogen) atoms. The van der Waals surface area contributed by atoms with E-state index in [0.29, 0.717) is 0 Å². The molecule has 1 heterocycles. The lowest BCUT2D eigenvalue weighted by molar-refractivity contribution is 0.415. The molecule has 0 unspecified atom stereocenters. The van der Waals surface area contributed by atoms with Gasteiger partial charge < -0.3 is 15.0 Å². The Morgan fingerprint density at radius 2 is 2.00 bits per heavy atom. The van der Waals surface area contributed by atoms with Crippen LogP contribution in [0.2, 0.25) is 0 Å². The minimum Gasteiger partial charge on any atom is -0.497 e. The number of anilines is 1. The topological polar surface area (TPSA) is 53.1 Å². The molecule has 0 bridgehead atoms. The maximum Gasteiger partial charge on any atom is 0.131 e. The van der Waals surface area contributed by atoms with Crippen molar-refractivity contribution in [2.45, 2.75) is 46.1 Å². The molecular formula is C17H25N3O. The summed E-state index contributed by atoms with van der Waals surface area (Å²) in [5.41, 5.74) is 8.16. The van der Waals surface area contributed by atoms with Gasteiger partial charge in [0.25, 0.3) is 0 Å². The fourth-order valence-corrected chi connectivity index (χ4v) is 2.47. The molecule has 0 amide bonds. The van der Waals surface area contributed by atoms with E-state index < -0.39 is 0 Å². The van der Waals surface area contributed by atoms with E-state index in [0.717, 1.165) is 41.6 Å². The average Bonchev–Trinajstić information content (AvgIpc) is 2.77. The molecule has 1 aromatic carbocycles. The van der Waals surface area contributed by atoms with E-state index in [1.54, 1.807) is 7.11 Å². The molecule has 0 aliphatic heterocycles. The maximum absolute atomic E-state index is 6.37. The van der Waals surface area contributed by atoms with E-state index >= 15 is 0 Å². The van der Waals surface area contributed by atoms with E-state index in [4.69, 9.17) is 15.5 Å². The van der Waals surface area contributed by atoms with Gasteiger partial charge in [-0.3, -0.25) is 0 Å². The molecule has 4 nitrogen and oxygen atoms in total. The van der Waals surface area contributed by atoms with Crippen LogP contribution in [-0.4, -0.2) is 16.7 Å². The second-order valence-electron chi connectivity index (χ2n) is 6.30. The SMILES string of the molecule is CCCn1c(C(C)(C)C)nc(-c2cccc(OC)c2)c1N. The van der Waals surface area contributed by atoms with Gasteiger partial charge in [0.1, 0.15) is 23.1 Å². The van der Waals surface area contributed by atoms with Crippen molar-refractivity contribution in [1.29, 1.82) is 0 Å². The van der Waals surface area contributed by atoms with Gasteiger partial charge >= 0.3 is 0 Å². The van der Waals surface area contributed by atoms with Crippen molar-refractivity contribution < 1.29 is 4.74 Å². The van der Waals surface area contributed by atoms with Gasteiger partial charge in [-0.05, 0) is 18.6 Å². The van der Waals surface area contributed by atoms with Crippen LogP contribution in [0, 0.1) is 0 Å². The first-order chi connectivity index (χ1) is 9.88. The molecule has 2 N–H and O–H groups in total. The molecule has 2 rings (SSSR count). The average molecular weight is 287 g/mol. The summed E-state index contributed by atoms with van der Waals surface area (Å²) in [4.78, 5) is 4.83. The third-order valence-electron chi connectivity index (χ3n) is 3.47. The summed E-state index contributed by atoms with van der Waals surface area (Å²) in [6, 6.07) is 7.88. The second-order valence-corrected chi connectivity index (χ2v) is 6.30. The fraction of sp³-hybridized carbons (Fsp3) is 0.471. The Balaban J connectivity index is 2.59. The number of ether oxygens (including phenoxy) is 1. The molecule has 2 aromatic rings. The van der Waals surface area contributed by atoms with Crippen molar-refractivity contribution >= 4 is 5.82 Å². The Bertz CT molecular complexity index is 623. The number of rotatable bonds is 4. The Morgan fingerprint density at radius 3 is 2.57 bits per heavy atom. The molecule has 4 heteroatoms. The Labute approximate surface area is 127 Å². The zero-order valence-electron chi connectivity index (χ0n) is 13.6. The highest BCUT2D eigenvalue weighted by molar-refractivity contribution is 5.72. The normalized spacial score (nSPS) is 11.7. The predicted molar refractivity (Wildman–Crippen MR) is 87.6 cm³/mol. The lowest BCUT2D eigenvalue weighted by atomic mass is 9.95. The first kappa shape index (κ1) is 15.4. The zero-order valence-corrected chi connectivity index (χ0v) is 13.6. The van der Waals surface area contributed by atoms with Crippen molar-refractivity contribution in [3.63, 3.8) is 0 Å². The molecule has 0 fully saturated rings. The summed E-state index contributed by atoms with van der Waals surface area (Å²) in [5, 5.41) is 0. The van der Waals surface area contributed by atoms with Gasteiger partial charge in [-0.1, -0.05) is 39.8 Å². The highest BCUT2D eigenvalue weighted by Gasteiger charge is 2.25. The number of nitrogen functional groups attached to an aromatic ring is 1. The van der Waals surface area contributed by atoms with Crippen LogP contribution in [0.4, 0.5) is 5.82 Å².